The summed E-state index contributed by atoms with van der Waals surface area (Å²) in [7, 11) is 0. The van der Waals surface area contributed by atoms with Crippen molar-refractivity contribution in [2.45, 2.75) is 54.9 Å². The van der Waals surface area contributed by atoms with Gasteiger partial charge in [-0.25, -0.2) is 9.37 Å². The van der Waals surface area contributed by atoms with E-state index in [1.54, 1.807) is 0 Å². The standard InChI is InChI=1S/C34H43N2O3/c1-8-35(9-2)24-16-18-28-30(22-24)39-31-23-25(36(10-3)11-4)17-19-29(31)32(28)26-14-12-13-15-27(26)33(37)38-21-20-34(5,6)7/h12-19,22-23H,8-11,20-21H2,1-7H3/q+1. The number of ether oxygens (including phenoxy) is 1. The smallest absolute Gasteiger partial charge is 0.338 e. The molecule has 0 saturated carbocycles. The van der Waals surface area contributed by atoms with E-state index in [0.717, 1.165) is 77.1 Å². The second kappa shape index (κ2) is 12.1. The van der Waals surface area contributed by atoms with Gasteiger partial charge in [-0.3, -0.25) is 0 Å². The molecule has 0 saturated heterocycles. The van der Waals surface area contributed by atoms with Crippen molar-refractivity contribution >= 4 is 22.6 Å². The number of nitrogens with zero attached hydrogens (tertiary/aromatic N) is 2. The van der Waals surface area contributed by atoms with Crippen molar-refractivity contribution in [3.05, 3.63) is 71.6 Å². The maximum atomic E-state index is 13.4. The number of hydrogen-bond acceptors (Lipinski definition) is 4. The summed E-state index contributed by atoms with van der Waals surface area (Å²) in [6.07, 6.45) is 0.805. The van der Waals surface area contributed by atoms with Crippen LogP contribution in [-0.2, 0) is 4.74 Å². The summed E-state index contributed by atoms with van der Waals surface area (Å²) in [6.45, 7) is 19.2. The normalized spacial score (nSPS) is 11.7. The van der Waals surface area contributed by atoms with Crippen LogP contribution < -0.4 is 14.8 Å². The Hall–Kier alpha value is -3.60. The van der Waals surface area contributed by atoms with Gasteiger partial charge in [0.15, 0.2) is 0 Å². The molecule has 0 unspecified atom stereocenters. The molecule has 1 heterocycles. The first-order valence-electron chi connectivity index (χ1n) is 14.3. The molecule has 2 aliphatic rings. The Morgan fingerprint density at radius 3 is 2.28 bits per heavy atom. The first-order chi connectivity index (χ1) is 18.7. The van der Waals surface area contributed by atoms with E-state index in [0.29, 0.717) is 12.2 Å². The van der Waals surface area contributed by atoms with Gasteiger partial charge in [0, 0.05) is 47.4 Å². The summed E-state index contributed by atoms with van der Waals surface area (Å²) in [5, 5.41) is 2.10. The Labute approximate surface area is 233 Å². The second-order valence-electron chi connectivity index (χ2n) is 11.2. The van der Waals surface area contributed by atoms with Crippen LogP contribution >= 0.6 is 0 Å². The zero-order chi connectivity index (χ0) is 28.2. The lowest BCUT2D eigenvalue weighted by Crippen LogP contribution is -2.29. The fourth-order valence-electron chi connectivity index (χ4n) is 5.14. The van der Waals surface area contributed by atoms with E-state index in [1.165, 1.54) is 0 Å². The third kappa shape index (κ3) is 6.19. The molecule has 0 amide bonds. The number of carbonyl (C=O) groups excluding carboxylic acids is 1. The Morgan fingerprint density at radius 2 is 1.62 bits per heavy atom. The number of esters is 1. The lowest BCUT2D eigenvalue weighted by atomic mass is 9.90. The predicted molar refractivity (Wildman–Crippen MR) is 163 cm³/mol. The molecule has 2 aromatic rings. The molecule has 4 rings (SSSR count). The Morgan fingerprint density at radius 1 is 0.897 bits per heavy atom. The maximum absolute atomic E-state index is 13.4. The highest BCUT2D eigenvalue weighted by molar-refractivity contribution is 6.08. The molecule has 39 heavy (non-hydrogen) atoms. The van der Waals surface area contributed by atoms with Gasteiger partial charge < -0.3 is 14.1 Å². The molecule has 1 aliphatic heterocycles. The van der Waals surface area contributed by atoms with Gasteiger partial charge in [0.25, 0.3) is 0 Å². The van der Waals surface area contributed by atoms with Crippen molar-refractivity contribution in [3.63, 3.8) is 0 Å². The second-order valence-corrected chi connectivity index (χ2v) is 11.2. The summed E-state index contributed by atoms with van der Waals surface area (Å²) >= 11 is 0. The summed E-state index contributed by atoms with van der Waals surface area (Å²) in [6, 6.07) is 20.6. The van der Waals surface area contributed by atoms with Crippen LogP contribution in [0.15, 0.2) is 65.1 Å². The Kier molecular flexibility index (Phi) is 8.79. The molecule has 5 heteroatoms. The zero-order valence-corrected chi connectivity index (χ0v) is 24.6. The van der Waals surface area contributed by atoms with Crippen molar-refractivity contribution in [1.82, 2.24) is 4.58 Å². The van der Waals surface area contributed by atoms with Crippen molar-refractivity contribution in [1.29, 1.82) is 0 Å². The first-order valence-corrected chi connectivity index (χ1v) is 14.3. The van der Waals surface area contributed by atoms with Crippen LogP contribution in [0.4, 0.5) is 5.69 Å². The molecule has 0 fully saturated rings. The van der Waals surface area contributed by atoms with Crippen LogP contribution in [0.25, 0.3) is 33.4 Å². The van der Waals surface area contributed by atoms with Crippen LogP contribution in [0.2, 0.25) is 0 Å². The van der Waals surface area contributed by atoms with Crippen molar-refractivity contribution in [2.24, 2.45) is 5.41 Å². The van der Waals surface area contributed by atoms with Gasteiger partial charge in [-0.15, -0.1) is 0 Å². The van der Waals surface area contributed by atoms with Gasteiger partial charge >= 0.3 is 5.97 Å². The average molecular weight is 528 g/mol. The molecule has 2 aromatic carbocycles. The third-order valence-electron chi connectivity index (χ3n) is 7.45. The van der Waals surface area contributed by atoms with Gasteiger partial charge in [-0.1, -0.05) is 39.0 Å². The highest BCUT2D eigenvalue weighted by Gasteiger charge is 2.23. The van der Waals surface area contributed by atoms with Crippen LogP contribution in [0.3, 0.4) is 0 Å². The molecule has 0 radical (unpaired) electrons. The molecule has 0 atom stereocenters. The van der Waals surface area contributed by atoms with Gasteiger partial charge in [0.1, 0.15) is 24.4 Å². The lowest BCUT2D eigenvalue weighted by molar-refractivity contribution is 0.0466. The molecule has 0 bridgehead atoms. The summed E-state index contributed by atoms with van der Waals surface area (Å²) in [4.78, 5) is 15.7. The van der Waals surface area contributed by atoms with Crippen molar-refractivity contribution in [2.75, 3.05) is 37.7 Å². The number of carbonyl (C=O) groups is 1. The summed E-state index contributed by atoms with van der Waals surface area (Å²) < 4.78 is 14.7. The quantitative estimate of drug-likeness (QED) is 0.129. The molecule has 0 spiro atoms. The van der Waals surface area contributed by atoms with Crippen LogP contribution in [0.5, 0.6) is 0 Å². The molecular weight excluding hydrogens is 484 g/mol. The Balaban J connectivity index is 1.97. The molecule has 1 aliphatic carbocycles. The molecule has 0 N–H and O–H groups in total. The van der Waals surface area contributed by atoms with Gasteiger partial charge in [0.05, 0.1) is 18.2 Å². The van der Waals surface area contributed by atoms with Crippen LogP contribution in [-0.4, -0.2) is 38.8 Å². The highest BCUT2D eigenvalue weighted by Crippen LogP contribution is 2.42. The van der Waals surface area contributed by atoms with E-state index in [9.17, 15) is 4.79 Å². The summed E-state index contributed by atoms with van der Waals surface area (Å²) in [5.41, 5.74) is 5.41. The predicted octanol–water partition coefficient (Wildman–Crippen LogP) is 7.46. The fraction of sp³-hybridized carbons (Fsp3) is 0.412. The minimum Gasteiger partial charge on any atom is -0.462 e. The Bertz CT molecular complexity index is 1480. The minimum absolute atomic E-state index is 0.0955. The molecule has 206 valence electrons. The molecule has 5 nitrogen and oxygen atoms in total. The molecule has 0 aromatic heterocycles. The van der Waals surface area contributed by atoms with Crippen molar-refractivity contribution < 1.29 is 13.9 Å². The van der Waals surface area contributed by atoms with E-state index in [4.69, 9.17) is 9.15 Å². The van der Waals surface area contributed by atoms with E-state index in [1.807, 2.05) is 24.3 Å². The monoisotopic (exact) mass is 527 g/mol. The number of hydrogen-bond donors (Lipinski definition) is 0. The van der Waals surface area contributed by atoms with Crippen molar-refractivity contribution in [3.8, 4) is 22.5 Å². The minimum atomic E-state index is -0.295. The number of rotatable bonds is 9. The third-order valence-corrected chi connectivity index (χ3v) is 7.45. The maximum Gasteiger partial charge on any atom is 0.338 e. The van der Waals surface area contributed by atoms with Crippen LogP contribution in [0.1, 0.15) is 65.2 Å². The largest absolute Gasteiger partial charge is 0.462 e. The average Bonchev–Trinajstić information content (AvgIpc) is 2.92. The van der Waals surface area contributed by atoms with E-state index in [2.05, 4.69) is 94.3 Å². The summed E-state index contributed by atoms with van der Waals surface area (Å²) in [5.74, 6) is 0.506. The zero-order valence-electron chi connectivity index (χ0n) is 24.6. The molecular formula is C34H43N2O3+. The number of benzene rings is 3. The highest BCUT2D eigenvalue weighted by atomic mass is 16.5. The fourth-order valence-corrected chi connectivity index (χ4v) is 5.14. The van der Waals surface area contributed by atoms with Gasteiger partial charge in [0.2, 0.25) is 5.36 Å². The van der Waals surface area contributed by atoms with E-state index < -0.39 is 0 Å². The topological polar surface area (TPSA) is 45.7 Å². The van der Waals surface area contributed by atoms with Gasteiger partial charge in [-0.2, -0.15) is 0 Å². The van der Waals surface area contributed by atoms with E-state index in [-0.39, 0.29) is 11.4 Å². The van der Waals surface area contributed by atoms with E-state index >= 15 is 0 Å². The first kappa shape index (κ1) is 28.4. The van der Waals surface area contributed by atoms with Crippen LogP contribution in [0, 0.1) is 5.41 Å². The van der Waals surface area contributed by atoms with Gasteiger partial charge in [-0.05, 0) is 69.4 Å². The SMILES string of the molecule is CCN(CC)c1ccc2c(-c3ccccc3C(=O)OCCC(C)(C)C)c3ccc(=[N+](CC)CC)cc-3oc2c1. The number of anilines is 1. The number of fused-ring (bicyclic) bond motifs is 2. The lowest BCUT2D eigenvalue weighted by Gasteiger charge is -2.23.